The Kier molecular flexibility index (Phi) is 16.6. The molecule has 0 rings (SSSR count). The van der Waals surface area contributed by atoms with Crippen LogP contribution >= 0.6 is 12.6 Å². The van der Waals surface area contributed by atoms with Crippen LogP contribution in [0.25, 0.3) is 0 Å². The highest BCUT2D eigenvalue weighted by atomic mass is 32.2. The molecule has 0 atom stereocenters. The standard InChI is InChI=1S/C7H12F2O3S.C6H10F2S/c8-7(9)5-3-1-2-4-6-13(10,11)12;7-6(8)4-2-1-3-5-9/h5H,1-4,6H2,(H,10,11,12);4,9H,1-3,5H2. The molecule has 9 heteroatoms. The Hall–Kier alpha value is -0.540. The van der Waals surface area contributed by atoms with Crippen molar-refractivity contribution in [3.8, 4) is 0 Å². The number of hydrogen-bond acceptors (Lipinski definition) is 3. The summed E-state index contributed by atoms with van der Waals surface area (Å²) in [6.45, 7) is 0. The van der Waals surface area contributed by atoms with E-state index in [2.05, 4.69) is 12.6 Å². The number of rotatable bonds is 10. The molecule has 0 fully saturated rings. The number of thiol groups is 1. The van der Waals surface area contributed by atoms with Gasteiger partial charge in [0, 0.05) is 0 Å². The normalized spacial score (nSPS) is 10.5. The highest BCUT2D eigenvalue weighted by molar-refractivity contribution is 7.85. The summed E-state index contributed by atoms with van der Waals surface area (Å²) in [6.07, 6.45) is 2.22. The van der Waals surface area contributed by atoms with E-state index < -0.39 is 22.3 Å². The van der Waals surface area contributed by atoms with Crippen LogP contribution < -0.4 is 0 Å². The van der Waals surface area contributed by atoms with Crippen molar-refractivity contribution in [2.75, 3.05) is 11.5 Å². The van der Waals surface area contributed by atoms with Gasteiger partial charge in [0.2, 0.25) is 0 Å². The zero-order valence-electron chi connectivity index (χ0n) is 12.1. The highest BCUT2D eigenvalue weighted by Gasteiger charge is 2.02. The van der Waals surface area contributed by atoms with Crippen molar-refractivity contribution in [1.82, 2.24) is 0 Å². The highest BCUT2D eigenvalue weighted by Crippen LogP contribution is 2.06. The van der Waals surface area contributed by atoms with Crippen molar-refractivity contribution in [1.29, 1.82) is 0 Å². The molecule has 0 bridgehead atoms. The summed E-state index contributed by atoms with van der Waals surface area (Å²) in [5.41, 5.74) is 0. The molecule has 3 nitrogen and oxygen atoms in total. The Morgan fingerprint density at radius 1 is 0.864 bits per heavy atom. The number of allylic oxidation sites excluding steroid dienone is 2. The van der Waals surface area contributed by atoms with Gasteiger partial charge in [-0.1, -0.05) is 6.42 Å². The predicted molar refractivity (Wildman–Crippen MR) is 83.2 cm³/mol. The fourth-order valence-electron chi connectivity index (χ4n) is 1.28. The topological polar surface area (TPSA) is 54.4 Å². The lowest BCUT2D eigenvalue weighted by Crippen LogP contribution is -2.03. The van der Waals surface area contributed by atoms with E-state index in [1.165, 1.54) is 0 Å². The van der Waals surface area contributed by atoms with Crippen molar-refractivity contribution in [3.05, 3.63) is 24.3 Å². The van der Waals surface area contributed by atoms with Crippen molar-refractivity contribution >= 4 is 22.7 Å². The minimum atomic E-state index is -3.89. The van der Waals surface area contributed by atoms with Gasteiger partial charge in [0.05, 0.1) is 5.75 Å². The summed E-state index contributed by atoms with van der Waals surface area (Å²) in [5, 5.41) is 0. The van der Waals surface area contributed by atoms with E-state index in [-0.39, 0.29) is 12.2 Å². The van der Waals surface area contributed by atoms with Crippen LogP contribution in [0.5, 0.6) is 0 Å². The van der Waals surface area contributed by atoms with Crippen LogP contribution in [0.1, 0.15) is 44.9 Å². The zero-order valence-corrected chi connectivity index (χ0v) is 13.9. The zero-order chi connectivity index (χ0) is 17.4. The molecule has 0 aliphatic rings. The first-order valence-corrected chi connectivity index (χ1v) is 9.01. The average Bonchev–Trinajstić information content (AvgIpc) is 2.38. The van der Waals surface area contributed by atoms with Crippen LogP contribution in [0.4, 0.5) is 17.6 Å². The van der Waals surface area contributed by atoms with E-state index in [0.717, 1.165) is 30.7 Å². The molecule has 0 heterocycles. The molecule has 0 amide bonds. The summed E-state index contributed by atoms with van der Waals surface area (Å²) < 4.78 is 74.2. The molecule has 0 spiro atoms. The molecule has 0 aliphatic heterocycles. The predicted octanol–water partition coefficient (Wildman–Crippen LogP) is 5.08. The summed E-state index contributed by atoms with van der Waals surface area (Å²) >= 11 is 3.94. The third kappa shape index (κ3) is 27.7. The van der Waals surface area contributed by atoms with Gasteiger partial charge in [-0.25, -0.2) is 0 Å². The van der Waals surface area contributed by atoms with Crippen LogP contribution in [0.3, 0.4) is 0 Å². The lowest BCUT2D eigenvalue weighted by molar-refractivity contribution is 0.416. The van der Waals surface area contributed by atoms with Crippen LogP contribution in [0, 0.1) is 0 Å². The molecule has 0 unspecified atom stereocenters. The van der Waals surface area contributed by atoms with Crippen LogP contribution in [0.15, 0.2) is 24.3 Å². The van der Waals surface area contributed by atoms with E-state index in [1.54, 1.807) is 0 Å². The molecule has 0 saturated carbocycles. The van der Waals surface area contributed by atoms with Gasteiger partial charge in [0.25, 0.3) is 22.3 Å². The summed E-state index contributed by atoms with van der Waals surface area (Å²) in [7, 11) is -3.89. The molecule has 0 saturated heterocycles. The van der Waals surface area contributed by atoms with Crippen LogP contribution in [-0.2, 0) is 10.1 Å². The SMILES string of the molecule is FC(F)=CCCCCS.O=S(=O)(O)CCCCCC=C(F)F. The van der Waals surface area contributed by atoms with E-state index in [4.69, 9.17) is 4.55 Å². The summed E-state index contributed by atoms with van der Waals surface area (Å²) in [5.74, 6) is 0.483. The van der Waals surface area contributed by atoms with Crippen LogP contribution in [-0.4, -0.2) is 24.5 Å². The fraction of sp³-hybridized carbons (Fsp3) is 0.692. The molecule has 1 N–H and O–H groups in total. The molecule has 22 heavy (non-hydrogen) atoms. The molecule has 0 aromatic rings. The molecule has 0 aliphatic carbocycles. The van der Waals surface area contributed by atoms with Gasteiger partial charge >= 0.3 is 0 Å². The summed E-state index contributed by atoms with van der Waals surface area (Å²) in [6, 6.07) is 0. The average molecular weight is 366 g/mol. The first-order chi connectivity index (χ1) is 10.2. The molecule has 0 aromatic carbocycles. The molecule has 0 radical (unpaired) electrons. The second-order valence-corrected chi connectivity index (χ2v) is 6.36. The van der Waals surface area contributed by atoms with E-state index in [1.807, 2.05) is 0 Å². The van der Waals surface area contributed by atoms with Crippen molar-refractivity contribution in [2.24, 2.45) is 0 Å². The van der Waals surface area contributed by atoms with Gasteiger partial charge < -0.3 is 0 Å². The maximum Gasteiger partial charge on any atom is 0.266 e. The lowest BCUT2D eigenvalue weighted by atomic mass is 10.2. The van der Waals surface area contributed by atoms with E-state index >= 15 is 0 Å². The number of unbranched alkanes of at least 4 members (excludes halogenated alkanes) is 5. The maximum atomic E-state index is 11.5. The Morgan fingerprint density at radius 3 is 1.68 bits per heavy atom. The van der Waals surface area contributed by atoms with Gasteiger partial charge in [-0.3, -0.25) is 4.55 Å². The van der Waals surface area contributed by atoms with Crippen molar-refractivity contribution < 1.29 is 30.5 Å². The van der Waals surface area contributed by atoms with Gasteiger partial charge in [-0.2, -0.15) is 38.6 Å². The second-order valence-electron chi connectivity index (χ2n) is 4.34. The molecular formula is C13H22F4O3S2. The van der Waals surface area contributed by atoms with Gasteiger partial charge in [-0.05, 0) is 56.4 Å². The molecule has 132 valence electrons. The maximum absolute atomic E-state index is 11.5. The Morgan fingerprint density at radius 2 is 1.32 bits per heavy atom. The minimum Gasteiger partial charge on any atom is -0.286 e. The smallest absolute Gasteiger partial charge is 0.266 e. The Balaban J connectivity index is 0. The Bertz CT molecular complexity index is 415. The fourth-order valence-corrected chi connectivity index (χ4v) is 2.08. The third-order valence-corrected chi connectivity index (χ3v) is 3.44. The van der Waals surface area contributed by atoms with Crippen molar-refractivity contribution in [3.63, 3.8) is 0 Å². The van der Waals surface area contributed by atoms with Crippen molar-refractivity contribution in [2.45, 2.75) is 44.9 Å². The third-order valence-electron chi connectivity index (χ3n) is 2.32. The largest absolute Gasteiger partial charge is 0.286 e. The molecule has 0 aromatic heterocycles. The van der Waals surface area contributed by atoms with Gasteiger partial charge in [0.1, 0.15) is 0 Å². The monoisotopic (exact) mass is 366 g/mol. The van der Waals surface area contributed by atoms with Gasteiger partial charge in [0.15, 0.2) is 0 Å². The quantitative estimate of drug-likeness (QED) is 0.245. The summed E-state index contributed by atoms with van der Waals surface area (Å²) in [4.78, 5) is 0. The number of halogens is 4. The lowest BCUT2D eigenvalue weighted by Gasteiger charge is -1.96. The van der Waals surface area contributed by atoms with E-state index in [0.29, 0.717) is 25.7 Å². The number of hydrogen-bond donors (Lipinski definition) is 2. The first-order valence-electron chi connectivity index (χ1n) is 6.77. The first kappa shape index (κ1) is 23.7. The van der Waals surface area contributed by atoms with Gasteiger partial charge in [-0.15, -0.1) is 0 Å². The minimum absolute atomic E-state index is 0.244. The second kappa shape index (κ2) is 15.4. The molecular weight excluding hydrogens is 344 g/mol. The Labute approximate surface area is 134 Å². The van der Waals surface area contributed by atoms with Crippen LogP contribution in [0.2, 0.25) is 0 Å². The van der Waals surface area contributed by atoms with E-state index in [9.17, 15) is 26.0 Å².